The van der Waals surface area contributed by atoms with Crippen LogP contribution in [0, 0.1) is 0 Å². The highest BCUT2D eigenvalue weighted by molar-refractivity contribution is 6.30. The molecule has 3 N–H and O–H groups in total. The van der Waals surface area contributed by atoms with Gasteiger partial charge in [0.25, 0.3) is 0 Å². The van der Waals surface area contributed by atoms with E-state index in [0.717, 1.165) is 25.7 Å². The average Bonchev–Trinajstić information content (AvgIpc) is 2.88. The van der Waals surface area contributed by atoms with Crippen LogP contribution in [0.2, 0.25) is 5.02 Å². The van der Waals surface area contributed by atoms with E-state index in [4.69, 9.17) is 11.6 Å². The average molecular weight is 298 g/mol. The summed E-state index contributed by atoms with van der Waals surface area (Å²) in [4.78, 5) is 12.0. The molecule has 1 saturated carbocycles. The third kappa shape index (κ3) is 3.72. The fraction of sp³-hybridized carbons (Fsp3) is 0.533. The molecule has 0 heterocycles. The van der Waals surface area contributed by atoms with Crippen molar-refractivity contribution in [2.24, 2.45) is 0 Å². The normalized spacial score (nSPS) is 18.8. The highest BCUT2D eigenvalue weighted by Gasteiger charge is 2.34. The maximum absolute atomic E-state index is 12.0. The molecule has 0 aromatic heterocycles. The number of carbonyl (C=O) groups is 1. The number of hydrogen-bond donors (Lipinski definition) is 3. The van der Waals surface area contributed by atoms with Gasteiger partial charge in [-0.2, -0.15) is 0 Å². The summed E-state index contributed by atoms with van der Waals surface area (Å²) in [6.07, 6.45) is 2.76. The molecule has 0 spiro atoms. The van der Waals surface area contributed by atoms with Crippen LogP contribution in [0.15, 0.2) is 24.3 Å². The quantitative estimate of drug-likeness (QED) is 0.780. The first-order chi connectivity index (χ1) is 9.54. The Kier molecular flexibility index (Phi) is 5.02. The van der Waals surface area contributed by atoms with E-state index in [1.165, 1.54) is 0 Å². The molecule has 0 saturated heterocycles. The van der Waals surface area contributed by atoms with Crippen LogP contribution in [0.1, 0.15) is 43.8 Å². The zero-order chi connectivity index (χ0) is 14.6. The number of amides is 1. The summed E-state index contributed by atoms with van der Waals surface area (Å²) in [7, 11) is 0. The predicted octanol–water partition coefficient (Wildman–Crippen LogP) is 2.18. The number of aliphatic hydroxyl groups is 2. The van der Waals surface area contributed by atoms with E-state index in [1.54, 1.807) is 24.3 Å². The standard InChI is InChI=1S/C15H20ClNO3/c16-12-5-3-11(4-6-12)13(19)9-14(20)17-15(10-18)7-1-2-8-15/h3-6,13,18-19H,1-2,7-10H2,(H,17,20). The van der Waals surface area contributed by atoms with E-state index in [-0.39, 0.29) is 18.9 Å². The fourth-order valence-electron chi connectivity index (χ4n) is 2.70. The number of nitrogens with one attached hydrogen (secondary N) is 1. The Morgan fingerprint density at radius 1 is 1.30 bits per heavy atom. The van der Waals surface area contributed by atoms with E-state index in [9.17, 15) is 15.0 Å². The summed E-state index contributed by atoms with van der Waals surface area (Å²) in [6, 6.07) is 6.78. The second-order valence-corrected chi connectivity index (χ2v) is 5.90. The summed E-state index contributed by atoms with van der Waals surface area (Å²) >= 11 is 5.78. The lowest BCUT2D eigenvalue weighted by atomic mass is 9.98. The molecular weight excluding hydrogens is 278 g/mol. The number of hydrogen-bond acceptors (Lipinski definition) is 3. The van der Waals surface area contributed by atoms with Crippen LogP contribution >= 0.6 is 11.6 Å². The van der Waals surface area contributed by atoms with Crippen molar-refractivity contribution < 1.29 is 15.0 Å². The molecule has 1 aliphatic rings. The van der Waals surface area contributed by atoms with Gasteiger partial charge in [0.1, 0.15) is 0 Å². The topological polar surface area (TPSA) is 69.6 Å². The first kappa shape index (κ1) is 15.3. The van der Waals surface area contributed by atoms with Gasteiger partial charge < -0.3 is 15.5 Å². The van der Waals surface area contributed by atoms with E-state index >= 15 is 0 Å². The zero-order valence-electron chi connectivity index (χ0n) is 11.3. The maximum atomic E-state index is 12.0. The summed E-state index contributed by atoms with van der Waals surface area (Å²) < 4.78 is 0. The Balaban J connectivity index is 1.92. The van der Waals surface area contributed by atoms with Gasteiger partial charge in [0, 0.05) is 5.02 Å². The maximum Gasteiger partial charge on any atom is 0.223 e. The Morgan fingerprint density at radius 3 is 2.45 bits per heavy atom. The van der Waals surface area contributed by atoms with Gasteiger partial charge in [-0.25, -0.2) is 0 Å². The van der Waals surface area contributed by atoms with Crippen LogP contribution in [-0.2, 0) is 4.79 Å². The number of benzene rings is 1. The Bertz CT molecular complexity index is 455. The van der Waals surface area contributed by atoms with Crippen LogP contribution in [0.25, 0.3) is 0 Å². The molecule has 0 radical (unpaired) electrons. The molecule has 5 heteroatoms. The van der Waals surface area contributed by atoms with Gasteiger partial charge in [0.15, 0.2) is 0 Å². The molecule has 110 valence electrons. The molecule has 0 bridgehead atoms. The zero-order valence-corrected chi connectivity index (χ0v) is 12.1. The second kappa shape index (κ2) is 6.57. The van der Waals surface area contributed by atoms with Gasteiger partial charge in [-0.05, 0) is 30.5 Å². The molecule has 20 heavy (non-hydrogen) atoms. The number of halogens is 1. The van der Waals surface area contributed by atoms with Crippen molar-refractivity contribution in [1.29, 1.82) is 0 Å². The Hall–Kier alpha value is -1.10. The predicted molar refractivity (Wildman–Crippen MR) is 77.5 cm³/mol. The molecule has 1 fully saturated rings. The SMILES string of the molecule is O=C(CC(O)c1ccc(Cl)cc1)NC1(CO)CCCC1. The largest absolute Gasteiger partial charge is 0.394 e. The molecule has 4 nitrogen and oxygen atoms in total. The molecule has 1 aromatic carbocycles. The van der Waals surface area contributed by atoms with Crippen molar-refractivity contribution in [3.8, 4) is 0 Å². The molecular formula is C15H20ClNO3. The van der Waals surface area contributed by atoms with Crippen LogP contribution < -0.4 is 5.32 Å². The molecule has 1 atom stereocenters. The van der Waals surface area contributed by atoms with Crippen molar-refractivity contribution in [2.45, 2.75) is 43.7 Å². The molecule has 1 unspecified atom stereocenters. The van der Waals surface area contributed by atoms with Crippen molar-refractivity contribution in [3.05, 3.63) is 34.9 Å². The first-order valence-electron chi connectivity index (χ1n) is 6.90. The van der Waals surface area contributed by atoms with Gasteiger partial charge in [-0.3, -0.25) is 4.79 Å². The molecule has 1 aromatic rings. The van der Waals surface area contributed by atoms with Gasteiger partial charge in [-0.1, -0.05) is 36.6 Å². The number of carbonyl (C=O) groups excluding carboxylic acids is 1. The highest BCUT2D eigenvalue weighted by atomic mass is 35.5. The lowest BCUT2D eigenvalue weighted by molar-refractivity contribution is -0.125. The molecule has 1 aliphatic carbocycles. The summed E-state index contributed by atoms with van der Waals surface area (Å²) in [5.41, 5.74) is 0.172. The van der Waals surface area contributed by atoms with Gasteiger partial charge in [0.2, 0.25) is 5.91 Å². The lowest BCUT2D eigenvalue weighted by Crippen LogP contribution is -2.49. The number of aliphatic hydroxyl groups excluding tert-OH is 2. The molecule has 0 aliphatic heterocycles. The molecule has 1 amide bonds. The minimum Gasteiger partial charge on any atom is -0.394 e. The van der Waals surface area contributed by atoms with Gasteiger partial charge >= 0.3 is 0 Å². The van der Waals surface area contributed by atoms with Crippen molar-refractivity contribution in [1.82, 2.24) is 5.32 Å². The van der Waals surface area contributed by atoms with Crippen molar-refractivity contribution in [3.63, 3.8) is 0 Å². The Morgan fingerprint density at radius 2 is 1.90 bits per heavy atom. The van der Waals surface area contributed by atoms with Crippen LogP contribution in [0.4, 0.5) is 0 Å². The van der Waals surface area contributed by atoms with Crippen LogP contribution in [0.3, 0.4) is 0 Å². The second-order valence-electron chi connectivity index (χ2n) is 5.47. The first-order valence-corrected chi connectivity index (χ1v) is 7.28. The van der Waals surface area contributed by atoms with Gasteiger partial charge in [0.05, 0.1) is 24.7 Å². The van der Waals surface area contributed by atoms with E-state index in [2.05, 4.69) is 5.32 Å². The summed E-state index contributed by atoms with van der Waals surface area (Å²) in [5.74, 6) is -0.233. The van der Waals surface area contributed by atoms with Crippen molar-refractivity contribution >= 4 is 17.5 Å². The minimum atomic E-state index is -0.857. The summed E-state index contributed by atoms with van der Waals surface area (Å²) in [5, 5.41) is 23.0. The van der Waals surface area contributed by atoms with Crippen molar-refractivity contribution in [2.75, 3.05) is 6.61 Å². The monoisotopic (exact) mass is 297 g/mol. The number of rotatable bonds is 5. The van der Waals surface area contributed by atoms with E-state index < -0.39 is 11.6 Å². The fourth-order valence-corrected chi connectivity index (χ4v) is 2.83. The smallest absolute Gasteiger partial charge is 0.223 e. The van der Waals surface area contributed by atoms with Gasteiger partial charge in [-0.15, -0.1) is 0 Å². The van der Waals surface area contributed by atoms with Crippen LogP contribution in [-0.4, -0.2) is 28.3 Å². The third-order valence-electron chi connectivity index (χ3n) is 3.90. The van der Waals surface area contributed by atoms with Crippen LogP contribution in [0.5, 0.6) is 0 Å². The minimum absolute atomic E-state index is 0.0105. The lowest BCUT2D eigenvalue weighted by Gasteiger charge is -2.28. The third-order valence-corrected chi connectivity index (χ3v) is 4.15. The molecule has 2 rings (SSSR count). The summed E-state index contributed by atoms with van der Waals surface area (Å²) in [6.45, 7) is -0.0459. The highest BCUT2D eigenvalue weighted by Crippen LogP contribution is 2.29. The Labute approximate surface area is 123 Å². The van der Waals surface area contributed by atoms with E-state index in [1.807, 2.05) is 0 Å². The van der Waals surface area contributed by atoms with E-state index in [0.29, 0.717) is 10.6 Å².